The molecule has 6 heteroatoms. The van der Waals surface area contributed by atoms with Gasteiger partial charge in [0.2, 0.25) is 5.91 Å². The second-order valence-corrected chi connectivity index (χ2v) is 8.23. The number of nitrogens with two attached hydrogens (primary N) is 1. The van der Waals surface area contributed by atoms with E-state index in [1.165, 1.54) is 17.7 Å². The predicted molar refractivity (Wildman–Crippen MR) is 106 cm³/mol. The van der Waals surface area contributed by atoms with E-state index in [1.54, 1.807) is 11.3 Å². The SMILES string of the molecule is NC(=O)c1ccsc1C1CCC(N2CCN(c3ccccn3)CC2)CC1. The van der Waals surface area contributed by atoms with Crippen molar-refractivity contribution < 1.29 is 4.79 Å². The number of thiophene rings is 1. The summed E-state index contributed by atoms with van der Waals surface area (Å²) in [6.45, 7) is 4.32. The molecule has 4 rings (SSSR count). The molecule has 0 bridgehead atoms. The molecule has 2 N–H and O–H groups in total. The maximum atomic E-state index is 11.6. The van der Waals surface area contributed by atoms with E-state index >= 15 is 0 Å². The van der Waals surface area contributed by atoms with E-state index in [2.05, 4.69) is 26.9 Å². The van der Waals surface area contributed by atoms with E-state index in [0.29, 0.717) is 12.0 Å². The quantitative estimate of drug-likeness (QED) is 0.898. The van der Waals surface area contributed by atoms with Crippen LogP contribution in [0.15, 0.2) is 35.8 Å². The molecule has 2 aliphatic rings. The summed E-state index contributed by atoms with van der Waals surface area (Å²) in [5.41, 5.74) is 6.26. The number of carbonyl (C=O) groups is 1. The zero-order valence-corrected chi connectivity index (χ0v) is 15.8. The lowest BCUT2D eigenvalue weighted by Crippen LogP contribution is -2.51. The van der Waals surface area contributed by atoms with Gasteiger partial charge in [0, 0.05) is 43.3 Å². The van der Waals surface area contributed by atoms with Crippen molar-refractivity contribution in [3.8, 4) is 0 Å². The number of aromatic nitrogens is 1. The highest BCUT2D eigenvalue weighted by molar-refractivity contribution is 7.10. The first-order valence-corrected chi connectivity index (χ1v) is 10.4. The molecule has 138 valence electrons. The van der Waals surface area contributed by atoms with Crippen LogP contribution in [0.3, 0.4) is 0 Å². The summed E-state index contributed by atoms with van der Waals surface area (Å²) in [5, 5.41) is 2.00. The lowest BCUT2D eigenvalue weighted by molar-refractivity contribution is 0.0998. The Balaban J connectivity index is 1.30. The number of hydrogen-bond donors (Lipinski definition) is 1. The van der Waals surface area contributed by atoms with Crippen LogP contribution in [0.4, 0.5) is 5.82 Å². The van der Waals surface area contributed by atoms with E-state index in [4.69, 9.17) is 5.73 Å². The number of piperazine rings is 1. The fraction of sp³-hybridized carbons (Fsp3) is 0.500. The molecular weight excluding hydrogens is 344 g/mol. The number of anilines is 1. The molecule has 0 spiro atoms. The molecule has 1 amide bonds. The van der Waals surface area contributed by atoms with Gasteiger partial charge in [-0.1, -0.05) is 6.07 Å². The van der Waals surface area contributed by atoms with Crippen molar-refractivity contribution in [1.29, 1.82) is 0 Å². The summed E-state index contributed by atoms with van der Waals surface area (Å²) in [4.78, 5) is 22.3. The second-order valence-electron chi connectivity index (χ2n) is 7.28. The van der Waals surface area contributed by atoms with Crippen molar-refractivity contribution in [3.63, 3.8) is 0 Å². The third-order valence-electron chi connectivity index (χ3n) is 5.83. The molecular formula is C20H26N4OS. The van der Waals surface area contributed by atoms with Crippen LogP contribution in [0.5, 0.6) is 0 Å². The van der Waals surface area contributed by atoms with Crippen LogP contribution in [0.25, 0.3) is 0 Å². The smallest absolute Gasteiger partial charge is 0.249 e. The molecule has 0 atom stereocenters. The highest BCUT2D eigenvalue weighted by atomic mass is 32.1. The van der Waals surface area contributed by atoms with Crippen LogP contribution >= 0.6 is 11.3 Å². The molecule has 2 fully saturated rings. The third-order valence-corrected chi connectivity index (χ3v) is 6.91. The first-order valence-electron chi connectivity index (χ1n) is 9.49. The topological polar surface area (TPSA) is 62.5 Å². The van der Waals surface area contributed by atoms with Gasteiger partial charge in [-0.05, 0) is 55.2 Å². The molecule has 0 aromatic carbocycles. The van der Waals surface area contributed by atoms with Crippen molar-refractivity contribution in [2.75, 3.05) is 31.1 Å². The first kappa shape index (κ1) is 17.5. The average Bonchev–Trinajstić information content (AvgIpc) is 3.19. The van der Waals surface area contributed by atoms with E-state index in [0.717, 1.165) is 50.4 Å². The number of primary amides is 1. The maximum Gasteiger partial charge on any atom is 0.249 e. The fourth-order valence-corrected chi connectivity index (χ4v) is 5.48. The normalized spacial score (nSPS) is 24.5. The van der Waals surface area contributed by atoms with Gasteiger partial charge >= 0.3 is 0 Å². The molecule has 0 radical (unpaired) electrons. The van der Waals surface area contributed by atoms with Gasteiger partial charge in [-0.3, -0.25) is 9.69 Å². The predicted octanol–water partition coefficient (Wildman–Crippen LogP) is 3.09. The van der Waals surface area contributed by atoms with E-state index < -0.39 is 0 Å². The largest absolute Gasteiger partial charge is 0.366 e. The molecule has 1 saturated carbocycles. The van der Waals surface area contributed by atoms with Crippen LogP contribution in [0.1, 0.15) is 46.8 Å². The highest BCUT2D eigenvalue weighted by Crippen LogP contribution is 2.39. The Bertz CT molecular complexity index is 731. The molecule has 1 saturated heterocycles. The van der Waals surface area contributed by atoms with Crippen LogP contribution in [0.2, 0.25) is 0 Å². The van der Waals surface area contributed by atoms with Gasteiger partial charge in [-0.2, -0.15) is 0 Å². The standard InChI is InChI=1S/C20H26N4OS/c21-20(25)17-8-14-26-19(17)15-4-6-16(7-5-15)23-10-12-24(13-11-23)18-3-1-2-9-22-18/h1-3,8-9,14-16H,4-7,10-13H2,(H2,21,25). The molecule has 1 aliphatic heterocycles. The van der Waals surface area contributed by atoms with Crippen LogP contribution in [0, 0.1) is 0 Å². The monoisotopic (exact) mass is 370 g/mol. The lowest BCUT2D eigenvalue weighted by atomic mass is 9.83. The van der Waals surface area contributed by atoms with Crippen molar-refractivity contribution in [2.45, 2.75) is 37.6 Å². The van der Waals surface area contributed by atoms with Crippen molar-refractivity contribution in [1.82, 2.24) is 9.88 Å². The molecule has 5 nitrogen and oxygen atoms in total. The van der Waals surface area contributed by atoms with Gasteiger partial charge in [0.15, 0.2) is 0 Å². The van der Waals surface area contributed by atoms with Crippen LogP contribution < -0.4 is 10.6 Å². The molecule has 0 unspecified atom stereocenters. The van der Waals surface area contributed by atoms with E-state index in [9.17, 15) is 4.79 Å². The highest BCUT2D eigenvalue weighted by Gasteiger charge is 2.30. The summed E-state index contributed by atoms with van der Waals surface area (Å²) in [6, 6.07) is 8.67. The molecule has 3 heterocycles. The Labute approximate surface area is 158 Å². The van der Waals surface area contributed by atoms with Gasteiger partial charge in [-0.15, -0.1) is 11.3 Å². The number of nitrogens with zero attached hydrogens (tertiary/aromatic N) is 3. The summed E-state index contributed by atoms with van der Waals surface area (Å²) in [7, 11) is 0. The van der Waals surface area contributed by atoms with Gasteiger partial charge in [0.1, 0.15) is 5.82 Å². The summed E-state index contributed by atoms with van der Waals surface area (Å²) < 4.78 is 0. The van der Waals surface area contributed by atoms with E-state index in [-0.39, 0.29) is 5.91 Å². The zero-order chi connectivity index (χ0) is 17.9. The van der Waals surface area contributed by atoms with Crippen molar-refractivity contribution in [3.05, 3.63) is 46.3 Å². The van der Waals surface area contributed by atoms with Crippen LogP contribution in [-0.2, 0) is 0 Å². The first-order chi connectivity index (χ1) is 12.7. The Kier molecular flexibility index (Phi) is 5.22. The minimum absolute atomic E-state index is 0.283. The fourth-order valence-electron chi connectivity index (χ4n) is 4.40. The average molecular weight is 371 g/mol. The summed E-state index contributed by atoms with van der Waals surface area (Å²) in [6.07, 6.45) is 6.61. The number of rotatable bonds is 4. The Morgan fingerprint density at radius 2 is 1.85 bits per heavy atom. The minimum Gasteiger partial charge on any atom is -0.366 e. The lowest BCUT2D eigenvalue weighted by Gasteiger charge is -2.42. The van der Waals surface area contributed by atoms with Crippen molar-refractivity contribution in [2.24, 2.45) is 5.73 Å². The summed E-state index contributed by atoms with van der Waals surface area (Å²) in [5.74, 6) is 1.31. The van der Waals surface area contributed by atoms with Crippen molar-refractivity contribution >= 4 is 23.1 Å². The second kappa shape index (κ2) is 7.76. The maximum absolute atomic E-state index is 11.6. The minimum atomic E-state index is -0.283. The number of carbonyl (C=O) groups excluding carboxylic acids is 1. The molecule has 2 aromatic rings. The molecule has 2 aromatic heterocycles. The molecule has 1 aliphatic carbocycles. The van der Waals surface area contributed by atoms with Gasteiger partial charge in [0.05, 0.1) is 5.56 Å². The van der Waals surface area contributed by atoms with Gasteiger partial charge in [0.25, 0.3) is 0 Å². The van der Waals surface area contributed by atoms with Gasteiger partial charge < -0.3 is 10.6 Å². The number of amides is 1. The Morgan fingerprint density at radius 3 is 2.50 bits per heavy atom. The third kappa shape index (κ3) is 3.62. The van der Waals surface area contributed by atoms with Gasteiger partial charge in [-0.25, -0.2) is 4.98 Å². The molecule has 26 heavy (non-hydrogen) atoms. The summed E-state index contributed by atoms with van der Waals surface area (Å²) >= 11 is 1.69. The Morgan fingerprint density at radius 1 is 1.08 bits per heavy atom. The van der Waals surface area contributed by atoms with E-state index in [1.807, 2.05) is 23.7 Å². The number of pyridine rings is 1. The number of hydrogen-bond acceptors (Lipinski definition) is 5. The Hall–Kier alpha value is -1.92. The van der Waals surface area contributed by atoms with Crippen LogP contribution in [-0.4, -0.2) is 48.0 Å². The zero-order valence-electron chi connectivity index (χ0n) is 15.0.